The SMILES string of the molecule is CC.CC(C)(C)CCN1C2CC1CN(CCO)C2. The van der Waals surface area contributed by atoms with Crippen LogP contribution in [0.4, 0.5) is 0 Å². The first-order valence-corrected chi connectivity index (χ1v) is 7.58. The third kappa shape index (κ3) is 4.22. The second kappa shape index (κ2) is 6.88. The number of hydrogen-bond donors (Lipinski definition) is 1. The number of piperazine rings is 1. The molecule has 3 nitrogen and oxygen atoms in total. The highest BCUT2D eigenvalue weighted by atomic mass is 16.3. The number of nitrogens with zero attached hydrogens (tertiary/aromatic N) is 2. The lowest BCUT2D eigenvalue weighted by atomic mass is 9.84. The zero-order valence-electron chi connectivity index (χ0n) is 12.9. The van der Waals surface area contributed by atoms with E-state index in [2.05, 4.69) is 30.6 Å². The molecule has 3 rings (SSSR count). The van der Waals surface area contributed by atoms with Gasteiger partial charge in [0.05, 0.1) is 6.61 Å². The number of rotatable bonds is 4. The lowest BCUT2D eigenvalue weighted by Gasteiger charge is -2.57. The third-order valence-electron chi connectivity index (χ3n) is 3.96. The van der Waals surface area contributed by atoms with Crippen molar-refractivity contribution in [2.45, 2.75) is 59.5 Å². The molecule has 0 aliphatic carbocycles. The topological polar surface area (TPSA) is 26.7 Å². The van der Waals surface area contributed by atoms with E-state index >= 15 is 0 Å². The highest BCUT2D eigenvalue weighted by Crippen LogP contribution is 2.33. The minimum Gasteiger partial charge on any atom is -0.395 e. The zero-order chi connectivity index (χ0) is 13.8. The molecule has 0 aromatic carbocycles. The van der Waals surface area contributed by atoms with Gasteiger partial charge in [0.25, 0.3) is 0 Å². The Morgan fingerprint density at radius 2 is 1.61 bits per heavy atom. The van der Waals surface area contributed by atoms with Gasteiger partial charge in [0, 0.05) is 31.7 Å². The molecule has 0 saturated carbocycles. The van der Waals surface area contributed by atoms with Gasteiger partial charge in [-0.05, 0) is 24.8 Å². The lowest BCUT2D eigenvalue weighted by molar-refractivity contribution is -0.0755. The van der Waals surface area contributed by atoms with Crippen molar-refractivity contribution in [2.75, 3.05) is 32.8 Å². The molecule has 2 atom stereocenters. The maximum Gasteiger partial charge on any atom is 0.0558 e. The van der Waals surface area contributed by atoms with Crippen LogP contribution < -0.4 is 0 Å². The molecule has 3 saturated heterocycles. The largest absolute Gasteiger partial charge is 0.395 e. The van der Waals surface area contributed by atoms with Gasteiger partial charge in [-0.3, -0.25) is 9.80 Å². The van der Waals surface area contributed by atoms with Crippen molar-refractivity contribution in [1.29, 1.82) is 0 Å². The van der Waals surface area contributed by atoms with Gasteiger partial charge < -0.3 is 5.11 Å². The van der Waals surface area contributed by atoms with Crippen molar-refractivity contribution in [3.8, 4) is 0 Å². The van der Waals surface area contributed by atoms with Gasteiger partial charge in [0.15, 0.2) is 0 Å². The second-order valence-electron chi connectivity index (χ2n) is 6.58. The standard InChI is InChI=1S/C13H26N2O.C2H6/c1-13(2,3)4-5-15-11-8-12(15)10-14(9-11)6-7-16;1-2/h11-12,16H,4-10H2,1-3H3;1-2H3. The van der Waals surface area contributed by atoms with Crippen LogP contribution in [0.15, 0.2) is 0 Å². The van der Waals surface area contributed by atoms with Crippen molar-refractivity contribution >= 4 is 0 Å². The van der Waals surface area contributed by atoms with Gasteiger partial charge in [0.2, 0.25) is 0 Å². The number of aliphatic hydroxyl groups excluding tert-OH is 1. The van der Waals surface area contributed by atoms with E-state index in [1.165, 1.54) is 32.5 Å². The van der Waals surface area contributed by atoms with Crippen LogP contribution in [0.1, 0.15) is 47.5 Å². The summed E-state index contributed by atoms with van der Waals surface area (Å²) in [5.74, 6) is 0. The normalized spacial score (nSPS) is 28.3. The van der Waals surface area contributed by atoms with E-state index in [4.69, 9.17) is 5.11 Å². The van der Waals surface area contributed by atoms with Gasteiger partial charge in [-0.25, -0.2) is 0 Å². The minimum atomic E-state index is 0.307. The molecule has 3 fully saturated rings. The Balaban J connectivity index is 0.000000771. The number of piperidine rings is 1. The maximum atomic E-state index is 8.94. The van der Waals surface area contributed by atoms with Crippen LogP contribution in [0.3, 0.4) is 0 Å². The van der Waals surface area contributed by atoms with Gasteiger partial charge in [0.1, 0.15) is 0 Å². The zero-order valence-corrected chi connectivity index (χ0v) is 12.9. The van der Waals surface area contributed by atoms with Gasteiger partial charge in [-0.1, -0.05) is 34.6 Å². The molecule has 0 amide bonds. The van der Waals surface area contributed by atoms with Crippen molar-refractivity contribution in [3.63, 3.8) is 0 Å². The van der Waals surface area contributed by atoms with Crippen LogP contribution in [-0.4, -0.2) is 59.8 Å². The van der Waals surface area contributed by atoms with Crippen LogP contribution in [0.25, 0.3) is 0 Å². The maximum absolute atomic E-state index is 8.94. The molecule has 0 radical (unpaired) electrons. The molecule has 108 valence electrons. The van der Waals surface area contributed by atoms with E-state index < -0.39 is 0 Å². The third-order valence-corrected chi connectivity index (χ3v) is 3.96. The Bertz CT molecular complexity index is 225. The summed E-state index contributed by atoms with van der Waals surface area (Å²) in [4.78, 5) is 5.09. The molecule has 1 N–H and O–H groups in total. The fraction of sp³-hybridized carbons (Fsp3) is 1.00. The highest BCUT2D eigenvalue weighted by molar-refractivity contribution is 5.00. The van der Waals surface area contributed by atoms with Crippen LogP contribution in [0, 0.1) is 5.41 Å². The van der Waals surface area contributed by atoms with Gasteiger partial charge >= 0.3 is 0 Å². The number of hydrogen-bond acceptors (Lipinski definition) is 3. The molecule has 2 unspecified atom stereocenters. The molecule has 0 aromatic rings. The molecule has 3 heteroatoms. The fourth-order valence-electron chi connectivity index (χ4n) is 2.93. The summed E-state index contributed by atoms with van der Waals surface area (Å²) >= 11 is 0. The van der Waals surface area contributed by atoms with E-state index in [-0.39, 0.29) is 0 Å². The Hall–Kier alpha value is -0.120. The predicted octanol–water partition coefficient (Wildman–Crippen LogP) is 2.20. The van der Waals surface area contributed by atoms with E-state index in [9.17, 15) is 0 Å². The summed E-state index contributed by atoms with van der Waals surface area (Å²) in [5.41, 5.74) is 0.453. The monoisotopic (exact) mass is 256 g/mol. The fourth-order valence-corrected chi connectivity index (χ4v) is 2.93. The average Bonchev–Trinajstić information content (AvgIpc) is 2.30. The summed E-state index contributed by atoms with van der Waals surface area (Å²) in [6.45, 7) is 15.7. The van der Waals surface area contributed by atoms with E-state index in [0.717, 1.165) is 18.6 Å². The Morgan fingerprint density at radius 1 is 1.06 bits per heavy atom. The van der Waals surface area contributed by atoms with Crippen molar-refractivity contribution < 1.29 is 5.11 Å². The summed E-state index contributed by atoms with van der Waals surface area (Å²) in [6, 6.07) is 1.54. The lowest BCUT2D eigenvalue weighted by Crippen LogP contribution is -2.68. The summed E-state index contributed by atoms with van der Waals surface area (Å²) in [6.07, 6.45) is 2.67. The smallest absolute Gasteiger partial charge is 0.0558 e. The molecule has 0 aromatic heterocycles. The Morgan fingerprint density at radius 3 is 2.06 bits per heavy atom. The van der Waals surface area contributed by atoms with Gasteiger partial charge in [-0.15, -0.1) is 0 Å². The van der Waals surface area contributed by atoms with E-state index in [1.54, 1.807) is 0 Å². The first-order chi connectivity index (χ1) is 8.49. The quantitative estimate of drug-likeness (QED) is 0.835. The predicted molar refractivity (Wildman–Crippen MR) is 77.8 cm³/mol. The molecule has 0 spiro atoms. The first kappa shape index (κ1) is 15.9. The molecular weight excluding hydrogens is 224 g/mol. The summed E-state index contributed by atoms with van der Waals surface area (Å²) in [7, 11) is 0. The molecule has 3 aliphatic rings. The minimum absolute atomic E-state index is 0.307. The van der Waals surface area contributed by atoms with E-state index in [0.29, 0.717) is 12.0 Å². The van der Waals surface area contributed by atoms with Crippen LogP contribution in [0.5, 0.6) is 0 Å². The van der Waals surface area contributed by atoms with Crippen LogP contribution >= 0.6 is 0 Å². The Labute approximate surface area is 113 Å². The van der Waals surface area contributed by atoms with Crippen LogP contribution in [0.2, 0.25) is 0 Å². The highest BCUT2D eigenvalue weighted by Gasteiger charge is 2.43. The van der Waals surface area contributed by atoms with Crippen LogP contribution in [-0.2, 0) is 0 Å². The number of fused-ring (bicyclic) bond motifs is 2. The van der Waals surface area contributed by atoms with Gasteiger partial charge in [-0.2, -0.15) is 0 Å². The average molecular weight is 256 g/mol. The molecular formula is C15H32N2O. The summed E-state index contributed by atoms with van der Waals surface area (Å²) < 4.78 is 0. The van der Waals surface area contributed by atoms with Crippen molar-refractivity contribution in [3.05, 3.63) is 0 Å². The second-order valence-corrected chi connectivity index (χ2v) is 6.58. The molecule has 3 aliphatic heterocycles. The molecule has 3 heterocycles. The number of aliphatic hydroxyl groups is 1. The molecule has 2 bridgehead atoms. The Kier molecular flexibility index (Phi) is 6.09. The van der Waals surface area contributed by atoms with Crippen molar-refractivity contribution in [1.82, 2.24) is 9.80 Å². The first-order valence-electron chi connectivity index (χ1n) is 7.58. The summed E-state index contributed by atoms with van der Waals surface area (Å²) in [5, 5.41) is 8.94. The van der Waals surface area contributed by atoms with Crippen molar-refractivity contribution in [2.24, 2.45) is 5.41 Å². The van der Waals surface area contributed by atoms with E-state index in [1.807, 2.05) is 13.8 Å². The molecule has 18 heavy (non-hydrogen) atoms.